The summed E-state index contributed by atoms with van der Waals surface area (Å²) in [4.78, 5) is 0. The van der Waals surface area contributed by atoms with Gasteiger partial charge in [-0.2, -0.15) is 0 Å². The third-order valence-electron chi connectivity index (χ3n) is 2.85. The molecule has 1 aromatic carbocycles. The fourth-order valence-electron chi connectivity index (χ4n) is 1.59. The Balaban J connectivity index is 2.90. The number of sulfone groups is 1. The van der Waals surface area contributed by atoms with Crippen LogP contribution in [0.3, 0.4) is 0 Å². The van der Waals surface area contributed by atoms with E-state index in [0.29, 0.717) is 24.1 Å². The molecule has 0 aromatic heterocycles. The van der Waals surface area contributed by atoms with Crippen LogP contribution in [-0.2, 0) is 15.6 Å². The number of halogens is 1. The summed E-state index contributed by atoms with van der Waals surface area (Å²) >= 11 is 0. The zero-order valence-corrected chi connectivity index (χ0v) is 10.9. The molecule has 1 atom stereocenters. The number of hydrogen-bond donors (Lipinski definition) is 1. The van der Waals surface area contributed by atoms with Crippen molar-refractivity contribution in [3.63, 3.8) is 0 Å². The molecule has 0 saturated carbocycles. The van der Waals surface area contributed by atoms with Crippen LogP contribution in [0.1, 0.15) is 24.5 Å². The van der Waals surface area contributed by atoms with Crippen molar-refractivity contribution in [1.29, 1.82) is 0 Å². The molecule has 0 fully saturated rings. The second-order valence-corrected chi connectivity index (χ2v) is 6.69. The average molecular weight is 259 g/mol. The van der Waals surface area contributed by atoms with Gasteiger partial charge in [0.25, 0.3) is 0 Å². The van der Waals surface area contributed by atoms with Crippen LogP contribution in [0.25, 0.3) is 0 Å². The average Bonchev–Trinajstić information content (AvgIpc) is 2.22. The predicted molar refractivity (Wildman–Crippen MR) is 66.9 cm³/mol. The summed E-state index contributed by atoms with van der Waals surface area (Å²) in [5, 5.41) is -0.461. The first-order chi connectivity index (χ1) is 7.86. The van der Waals surface area contributed by atoms with E-state index in [1.807, 2.05) is 0 Å². The Morgan fingerprint density at radius 3 is 2.59 bits per heavy atom. The highest BCUT2D eigenvalue weighted by atomic mass is 32.2. The molecule has 2 N–H and O–H groups in total. The number of hydrogen-bond acceptors (Lipinski definition) is 3. The Kier molecular flexibility index (Phi) is 4.65. The molecular formula is C12H18FNO2S. The molecule has 0 spiro atoms. The predicted octanol–water partition coefficient (Wildman–Crippen LogP) is 1.79. The van der Waals surface area contributed by atoms with Crippen molar-refractivity contribution in [3.05, 3.63) is 35.1 Å². The van der Waals surface area contributed by atoms with Crippen LogP contribution in [0, 0.1) is 12.7 Å². The lowest BCUT2D eigenvalue weighted by Crippen LogP contribution is -2.23. The van der Waals surface area contributed by atoms with Crippen LogP contribution in [0.4, 0.5) is 4.39 Å². The minimum atomic E-state index is -3.21. The molecule has 0 bridgehead atoms. The molecule has 1 rings (SSSR count). The third kappa shape index (κ3) is 3.78. The van der Waals surface area contributed by atoms with Gasteiger partial charge in [-0.1, -0.05) is 6.07 Å². The van der Waals surface area contributed by atoms with Gasteiger partial charge in [0.2, 0.25) is 0 Å². The van der Waals surface area contributed by atoms with Gasteiger partial charge in [-0.15, -0.1) is 0 Å². The standard InChI is InChI=1S/C12H18FNO2S/c1-9-7-12(13)4-3-11(9)8-17(15,16)10(2)5-6-14/h3-4,7,10H,5-6,8,14H2,1-2H3. The highest BCUT2D eigenvalue weighted by Crippen LogP contribution is 2.17. The monoisotopic (exact) mass is 259 g/mol. The van der Waals surface area contributed by atoms with Crippen LogP contribution in [0.15, 0.2) is 18.2 Å². The number of nitrogens with two attached hydrogens (primary N) is 1. The summed E-state index contributed by atoms with van der Waals surface area (Å²) in [5.41, 5.74) is 6.66. The quantitative estimate of drug-likeness (QED) is 0.877. The van der Waals surface area contributed by atoms with E-state index in [1.165, 1.54) is 18.2 Å². The molecule has 5 heteroatoms. The van der Waals surface area contributed by atoms with E-state index in [9.17, 15) is 12.8 Å². The summed E-state index contributed by atoms with van der Waals surface area (Å²) in [6, 6.07) is 4.15. The highest BCUT2D eigenvalue weighted by molar-refractivity contribution is 7.91. The Hall–Kier alpha value is -0.940. The maximum Gasteiger partial charge on any atom is 0.157 e. The van der Waals surface area contributed by atoms with Gasteiger partial charge in [0, 0.05) is 0 Å². The largest absolute Gasteiger partial charge is 0.330 e. The zero-order chi connectivity index (χ0) is 13.1. The third-order valence-corrected chi connectivity index (χ3v) is 5.02. The molecule has 0 saturated heterocycles. The van der Waals surface area contributed by atoms with Crippen molar-refractivity contribution >= 4 is 9.84 Å². The zero-order valence-electron chi connectivity index (χ0n) is 10.1. The Morgan fingerprint density at radius 2 is 2.06 bits per heavy atom. The van der Waals surface area contributed by atoms with Crippen LogP contribution in [0.2, 0.25) is 0 Å². The van der Waals surface area contributed by atoms with E-state index in [1.54, 1.807) is 13.8 Å². The maximum atomic E-state index is 12.9. The van der Waals surface area contributed by atoms with Crippen molar-refractivity contribution < 1.29 is 12.8 Å². The molecule has 1 aromatic rings. The fourth-order valence-corrected chi connectivity index (χ4v) is 3.13. The van der Waals surface area contributed by atoms with Gasteiger partial charge in [0.05, 0.1) is 11.0 Å². The number of benzene rings is 1. The molecule has 0 heterocycles. The molecule has 0 amide bonds. The van der Waals surface area contributed by atoms with E-state index in [-0.39, 0.29) is 11.6 Å². The van der Waals surface area contributed by atoms with Crippen LogP contribution in [-0.4, -0.2) is 20.2 Å². The molecule has 17 heavy (non-hydrogen) atoms. The lowest BCUT2D eigenvalue weighted by atomic mass is 10.1. The SMILES string of the molecule is Cc1cc(F)ccc1CS(=O)(=O)C(C)CCN. The van der Waals surface area contributed by atoms with Gasteiger partial charge in [0.1, 0.15) is 5.82 Å². The van der Waals surface area contributed by atoms with Gasteiger partial charge >= 0.3 is 0 Å². The maximum absolute atomic E-state index is 12.9. The van der Waals surface area contributed by atoms with Crippen LogP contribution in [0.5, 0.6) is 0 Å². The number of aryl methyl sites for hydroxylation is 1. The Bertz CT molecular complexity index is 485. The molecule has 1 unspecified atom stereocenters. The lowest BCUT2D eigenvalue weighted by Gasteiger charge is -2.13. The minimum absolute atomic E-state index is 0.0553. The van der Waals surface area contributed by atoms with Crippen LogP contribution >= 0.6 is 0 Å². The smallest absolute Gasteiger partial charge is 0.157 e. The number of rotatable bonds is 5. The van der Waals surface area contributed by atoms with E-state index < -0.39 is 15.1 Å². The van der Waals surface area contributed by atoms with Crippen molar-refractivity contribution in [3.8, 4) is 0 Å². The Labute approximate surface area is 102 Å². The van der Waals surface area contributed by atoms with Crippen LogP contribution < -0.4 is 5.73 Å². The summed E-state index contributed by atoms with van der Waals surface area (Å²) in [6.07, 6.45) is 0.447. The first-order valence-corrected chi connectivity index (χ1v) is 7.25. The molecule has 0 aliphatic rings. The second-order valence-electron chi connectivity index (χ2n) is 4.27. The van der Waals surface area contributed by atoms with Gasteiger partial charge < -0.3 is 5.73 Å². The Morgan fingerprint density at radius 1 is 1.41 bits per heavy atom. The van der Waals surface area contributed by atoms with Crippen molar-refractivity contribution in [2.45, 2.75) is 31.3 Å². The fraction of sp³-hybridized carbons (Fsp3) is 0.500. The molecule has 3 nitrogen and oxygen atoms in total. The molecule has 0 aliphatic heterocycles. The summed E-state index contributed by atoms with van der Waals surface area (Å²) in [7, 11) is -3.21. The van der Waals surface area contributed by atoms with E-state index in [2.05, 4.69) is 0 Å². The van der Waals surface area contributed by atoms with Gasteiger partial charge in [0.15, 0.2) is 9.84 Å². The normalized spacial score (nSPS) is 13.6. The highest BCUT2D eigenvalue weighted by Gasteiger charge is 2.21. The first-order valence-electron chi connectivity index (χ1n) is 5.53. The van der Waals surface area contributed by atoms with Gasteiger partial charge in [-0.3, -0.25) is 0 Å². The van der Waals surface area contributed by atoms with Crippen molar-refractivity contribution in [2.24, 2.45) is 5.73 Å². The van der Waals surface area contributed by atoms with Gasteiger partial charge in [-0.25, -0.2) is 12.8 Å². The van der Waals surface area contributed by atoms with Crippen molar-refractivity contribution in [1.82, 2.24) is 0 Å². The minimum Gasteiger partial charge on any atom is -0.330 e. The molecule has 96 valence electrons. The first kappa shape index (κ1) is 14.1. The second kappa shape index (κ2) is 5.60. The molecular weight excluding hydrogens is 241 g/mol. The summed E-state index contributed by atoms with van der Waals surface area (Å²) < 4.78 is 36.8. The van der Waals surface area contributed by atoms with E-state index in [4.69, 9.17) is 5.73 Å². The van der Waals surface area contributed by atoms with E-state index >= 15 is 0 Å². The van der Waals surface area contributed by atoms with Crippen molar-refractivity contribution in [2.75, 3.05) is 6.54 Å². The summed E-state index contributed by atoms with van der Waals surface area (Å²) in [6.45, 7) is 3.71. The molecule has 0 radical (unpaired) electrons. The topological polar surface area (TPSA) is 60.2 Å². The lowest BCUT2D eigenvalue weighted by molar-refractivity contribution is 0.577. The summed E-state index contributed by atoms with van der Waals surface area (Å²) in [5.74, 6) is -0.404. The van der Waals surface area contributed by atoms with Gasteiger partial charge in [-0.05, 0) is 50.1 Å². The molecule has 0 aliphatic carbocycles. The van der Waals surface area contributed by atoms with E-state index in [0.717, 1.165) is 0 Å².